The van der Waals surface area contributed by atoms with Gasteiger partial charge in [-0.05, 0) is 19.4 Å². The minimum Gasteiger partial charge on any atom is -0.455 e. The van der Waals surface area contributed by atoms with Crippen molar-refractivity contribution >= 4 is 17.5 Å². The van der Waals surface area contributed by atoms with E-state index in [2.05, 4.69) is 10.2 Å². The molecular formula is C12H15N3O2. The fourth-order valence-corrected chi connectivity index (χ4v) is 0.992. The molecule has 0 aromatic heterocycles. The maximum atomic E-state index is 11.4. The lowest BCUT2D eigenvalue weighted by atomic mass is 10.2. The first-order chi connectivity index (χ1) is 8.09. The maximum Gasteiger partial charge on any atom is 0.375 e. The van der Waals surface area contributed by atoms with E-state index in [0.717, 1.165) is 5.56 Å². The number of rotatable bonds is 3. The first kappa shape index (κ1) is 12.9. The van der Waals surface area contributed by atoms with Gasteiger partial charge in [-0.3, -0.25) is 0 Å². The molecule has 5 heteroatoms. The summed E-state index contributed by atoms with van der Waals surface area (Å²) in [7, 11) is 0. The summed E-state index contributed by atoms with van der Waals surface area (Å²) in [6.07, 6.45) is 0. The Kier molecular flexibility index (Phi) is 4.87. The normalized spacial score (nSPS) is 10.8. The van der Waals surface area contributed by atoms with E-state index in [1.165, 1.54) is 0 Å². The van der Waals surface area contributed by atoms with Crippen LogP contribution >= 0.6 is 0 Å². The lowest BCUT2D eigenvalue weighted by molar-refractivity contribution is -0.136. The summed E-state index contributed by atoms with van der Waals surface area (Å²) >= 11 is 0. The molecule has 0 bridgehead atoms. The average molecular weight is 233 g/mol. The van der Waals surface area contributed by atoms with E-state index < -0.39 is 5.97 Å². The van der Waals surface area contributed by atoms with Crippen LogP contribution in [0, 0.1) is 0 Å². The SMILES string of the molecule is CC(C)=N/N=C(\N)C(=O)OCc1ccccc1. The number of benzene rings is 1. The average Bonchev–Trinajstić information content (AvgIpc) is 2.34. The Bertz CT molecular complexity index is 434. The Morgan fingerprint density at radius 2 is 1.88 bits per heavy atom. The Labute approximate surface area is 100.0 Å². The molecule has 0 saturated carbocycles. The zero-order valence-electron chi connectivity index (χ0n) is 9.88. The summed E-state index contributed by atoms with van der Waals surface area (Å²) in [5.41, 5.74) is 7.00. The lowest BCUT2D eigenvalue weighted by Crippen LogP contribution is -2.25. The van der Waals surface area contributed by atoms with Crippen LogP contribution in [0.25, 0.3) is 0 Å². The molecule has 0 atom stereocenters. The van der Waals surface area contributed by atoms with Crippen molar-refractivity contribution < 1.29 is 9.53 Å². The highest BCUT2D eigenvalue weighted by Gasteiger charge is 2.08. The summed E-state index contributed by atoms with van der Waals surface area (Å²) < 4.78 is 4.96. The van der Waals surface area contributed by atoms with Gasteiger partial charge in [0.15, 0.2) is 0 Å². The molecule has 1 aromatic carbocycles. The van der Waals surface area contributed by atoms with Crippen LogP contribution in [-0.2, 0) is 16.1 Å². The molecule has 1 rings (SSSR count). The summed E-state index contributed by atoms with van der Waals surface area (Å²) in [5.74, 6) is -0.916. The molecule has 0 heterocycles. The molecule has 5 nitrogen and oxygen atoms in total. The molecule has 0 aliphatic rings. The van der Waals surface area contributed by atoms with E-state index in [4.69, 9.17) is 10.5 Å². The highest BCUT2D eigenvalue weighted by atomic mass is 16.5. The molecule has 1 aromatic rings. The quantitative estimate of drug-likeness (QED) is 0.372. The molecule has 0 saturated heterocycles. The van der Waals surface area contributed by atoms with Gasteiger partial charge in [0, 0.05) is 5.71 Å². The molecular weight excluding hydrogens is 218 g/mol. The van der Waals surface area contributed by atoms with Crippen molar-refractivity contribution in [2.45, 2.75) is 20.5 Å². The zero-order chi connectivity index (χ0) is 12.7. The molecule has 0 aliphatic carbocycles. The number of amidine groups is 1. The number of ether oxygens (including phenoxy) is 1. The summed E-state index contributed by atoms with van der Waals surface area (Å²) in [5, 5.41) is 7.22. The predicted octanol–water partition coefficient (Wildman–Crippen LogP) is 1.48. The highest BCUT2D eigenvalue weighted by Crippen LogP contribution is 2.00. The van der Waals surface area contributed by atoms with Crippen molar-refractivity contribution in [3.05, 3.63) is 35.9 Å². The van der Waals surface area contributed by atoms with Crippen LogP contribution in [0.2, 0.25) is 0 Å². The smallest absolute Gasteiger partial charge is 0.375 e. The van der Waals surface area contributed by atoms with Crippen LogP contribution in [0.3, 0.4) is 0 Å². The van der Waals surface area contributed by atoms with Crippen molar-refractivity contribution in [1.29, 1.82) is 0 Å². The molecule has 0 unspecified atom stereocenters. The van der Waals surface area contributed by atoms with Crippen molar-refractivity contribution in [2.24, 2.45) is 15.9 Å². The fraction of sp³-hybridized carbons (Fsp3) is 0.250. The van der Waals surface area contributed by atoms with Crippen LogP contribution in [-0.4, -0.2) is 17.5 Å². The fourth-order valence-electron chi connectivity index (χ4n) is 0.992. The molecule has 0 aliphatic heterocycles. The van der Waals surface area contributed by atoms with Gasteiger partial charge in [0.25, 0.3) is 0 Å². The van der Waals surface area contributed by atoms with Gasteiger partial charge in [-0.25, -0.2) is 4.79 Å². The summed E-state index contributed by atoms with van der Waals surface area (Å²) in [6.45, 7) is 3.68. The molecule has 0 amide bonds. The van der Waals surface area contributed by atoms with Crippen molar-refractivity contribution in [3.8, 4) is 0 Å². The van der Waals surface area contributed by atoms with Gasteiger partial charge in [0.1, 0.15) is 6.61 Å². The number of hydrogen-bond acceptors (Lipinski definition) is 4. The third-order valence-corrected chi connectivity index (χ3v) is 1.78. The molecule has 90 valence electrons. The van der Waals surface area contributed by atoms with Crippen LogP contribution < -0.4 is 5.73 Å². The van der Waals surface area contributed by atoms with E-state index in [-0.39, 0.29) is 12.4 Å². The Balaban J connectivity index is 2.50. The van der Waals surface area contributed by atoms with Crippen LogP contribution in [0.5, 0.6) is 0 Å². The van der Waals surface area contributed by atoms with Gasteiger partial charge in [-0.15, -0.1) is 5.10 Å². The standard InChI is InChI=1S/C12H15N3O2/c1-9(2)14-15-11(13)12(16)17-8-10-6-4-3-5-7-10/h3-7H,8H2,1-2H3,(H2,13,15). The molecule has 2 N–H and O–H groups in total. The predicted molar refractivity (Wildman–Crippen MR) is 66.6 cm³/mol. The number of carbonyl (C=O) groups is 1. The third-order valence-electron chi connectivity index (χ3n) is 1.78. The monoisotopic (exact) mass is 233 g/mol. The highest BCUT2D eigenvalue weighted by molar-refractivity contribution is 6.34. The van der Waals surface area contributed by atoms with Crippen LogP contribution in [0.4, 0.5) is 0 Å². The molecule has 17 heavy (non-hydrogen) atoms. The number of carbonyl (C=O) groups excluding carboxylic acids is 1. The number of nitrogens with two attached hydrogens (primary N) is 1. The molecule has 0 fully saturated rings. The van der Waals surface area contributed by atoms with Gasteiger partial charge in [0.05, 0.1) is 0 Å². The van der Waals surface area contributed by atoms with Gasteiger partial charge >= 0.3 is 5.97 Å². The molecule has 0 spiro atoms. The Hall–Kier alpha value is -2.17. The summed E-state index contributed by atoms with van der Waals surface area (Å²) in [4.78, 5) is 11.4. The van der Waals surface area contributed by atoms with E-state index in [1.54, 1.807) is 13.8 Å². The maximum absolute atomic E-state index is 11.4. The third kappa shape index (κ3) is 4.92. The Morgan fingerprint density at radius 3 is 2.47 bits per heavy atom. The van der Waals surface area contributed by atoms with Gasteiger partial charge in [0.2, 0.25) is 5.84 Å². The molecule has 0 radical (unpaired) electrons. The topological polar surface area (TPSA) is 77.0 Å². The second kappa shape index (κ2) is 6.42. The summed E-state index contributed by atoms with van der Waals surface area (Å²) in [6, 6.07) is 9.33. The van der Waals surface area contributed by atoms with Crippen molar-refractivity contribution in [1.82, 2.24) is 0 Å². The minimum atomic E-state index is -0.668. The van der Waals surface area contributed by atoms with Crippen molar-refractivity contribution in [2.75, 3.05) is 0 Å². The second-order valence-electron chi connectivity index (χ2n) is 3.59. The van der Waals surface area contributed by atoms with Crippen molar-refractivity contribution in [3.63, 3.8) is 0 Å². The van der Waals surface area contributed by atoms with E-state index in [1.807, 2.05) is 30.3 Å². The largest absolute Gasteiger partial charge is 0.455 e. The van der Waals surface area contributed by atoms with Gasteiger partial charge < -0.3 is 10.5 Å². The Morgan fingerprint density at radius 1 is 1.24 bits per heavy atom. The van der Waals surface area contributed by atoms with Crippen LogP contribution in [0.1, 0.15) is 19.4 Å². The number of hydrogen-bond donors (Lipinski definition) is 1. The first-order valence-corrected chi connectivity index (χ1v) is 5.15. The minimum absolute atomic E-state index is 0.171. The number of nitrogens with zero attached hydrogens (tertiary/aromatic N) is 2. The van der Waals surface area contributed by atoms with E-state index in [9.17, 15) is 4.79 Å². The zero-order valence-corrected chi connectivity index (χ0v) is 9.88. The second-order valence-corrected chi connectivity index (χ2v) is 3.59. The number of esters is 1. The van der Waals surface area contributed by atoms with Crippen LogP contribution in [0.15, 0.2) is 40.5 Å². The first-order valence-electron chi connectivity index (χ1n) is 5.15. The van der Waals surface area contributed by atoms with E-state index in [0.29, 0.717) is 5.71 Å². The van der Waals surface area contributed by atoms with Gasteiger partial charge in [-0.2, -0.15) is 5.10 Å². The lowest BCUT2D eigenvalue weighted by Gasteiger charge is -2.03. The van der Waals surface area contributed by atoms with Gasteiger partial charge in [-0.1, -0.05) is 30.3 Å². The van der Waals surface area contributed by atoms with E-state index >= 15 is 0 Å².